The van der Waals surface area contributed by atoms with Crippen molar-refractivity contribution in [2.75, 3.05) is 10.6 Å². The molecule has 0 unspecified atom stereocenters. The van der Waals surface area contributed by atoms with Gasteiger partial charge in [0.15, 0.2) is 0 Å². The van der Waals surface area contributed by atoms with Gasteiger partial charge in [-0.2, -0.15) is 0 Å². The predicted molar refractivity (Wildman–Crippen MR) is 74.0 cm³/mol. The van der Waals surface area contributed by atoms with E-state index >= 15 is 0 Å². The lowest BCUT2D eigenvalue weighted by molar-refractivity contribution is 0.102. The minimum atomic E-state index is -0.696. The fourth-order valence-corrected chi connectivity index (χ4v) is 1.65. The molecule has 2 rings (SSSR count). The highest BCUT2D eigenvalue weighted by molar-refractivity contribution is 6.04. The number of carbonyl (C=O) groups excluding carboxylic acids is 2. The summed E-state index contributed by atoms with van der Waals surface area (Å²) in [5, 5.41) is 5.00. The van der Waals surface area contributed by atoms with Gasteiger partial charge in [0, 0.05) is 16.9 Å². The Hall–Kier alpha value is -2.89. The Kier molecular flexibility index (Phi) is 3.95. The second-order valence-corrected chi connectivity index (χ2v) is 4.03. The van der Waals surface area contributed by atoms with Gasteiger partial charge in [0.25, 0.3) is 5.91 Å². The first-order valence-electron chi connectivity index (χ1n) is 5.78. The smallest absolute Gasteiger partial charge is 0.316 e. The number of nitrogens with one attached hydrogen (secondary N) is 2. The third-order valence-electron chi connectivity index (χ3n) is 2.47. The first-order valence-corrected chi connectivity index (χ1v) is 5.78. The van der Waals surface area contributed by atoms with Gasteiger partial charge >= 0.3 is 6.03 Å². The monoisotopic (exact) mass is 273 g/mol. The van der Waals surface area contributed by atoms with Gasteiger partial charge < -0.3 is 16.4 Å². The lowest BCUT2D eigenvalue weighted by Crippen LogP contribution is -2.19. The highest BCUT2D eigenvalue weighted by Gasteiger charge is 2.07. The van der Waals surface area contributed by atoms with Crippen LogP contribution >= 0.6 is 0 Å². The standard InChI is InChI=1S/C14H12FN3O2/c15-10-4-1-3-9(7-10)13(19)17-11-5-2-6-12(8-11)18-14(16)20/h1-8H,(H,17,19)(H3,16,18,20). The topological polar surface area (TPSA) is 84.2 Å². The zero-order valence-corrected chi connectivity index (χ0v) is 10.4. The van der Waals surface area contributed by atoms with Crippen LogP contribution in [-0.4, -0.2) is 11.9 Å². The molecule has 5 nitrogen and oxygen atoms in total. The third-order valence-corrected chi connectivity index (χ3v) is 2.47. The molecular formula is C14H12FN3O2. The van der Waals surface area contributed by atoms with Crippen LogP contribution in [-0.2, 0) is 0 Å². The van der Waals surface area contributed by atoms with Gasteiger partial charge in [0.1, 0.15) is 5.82 Å². The van der Waals surface area contributed by atoms with Crippen molar-refractivity contribution in [2.45, 2.75) is 0 Å². The van der Waals surface area contributed by atoms with Crippen LogP contribution < -0.4 is 16.4 Å². The second-order valence-electron chi connectivity index (χ2n) is 4.03. The maximum absolute atomic E-state index is 13.0. The average Bonchev–Trinajstić information content (AvgIpc) is 2.38. The van der Waals surface area contributed by atoms with E-state index in [9.17, 15) is 14.0 Å². The molecule has 2 aromatic carbocycles. The molecule has 6 heteroatoms. The molecule has 3 amide bonds. The molecule has 4 N–H and O–H groups in total. The van der Waals surface area contributed by atoms with Crippen LogP contribution in [0.25, 0.3) is 0 Å². The number of benzene rings is 2. The molecule has 0 saturated heterocycles. The summed E-state index contributed by atoms with van der Waals surface area (Å²) in [5.41, 5.74) is 6.13. The van der Waals surface area contributed by atoms with Gasteiger partial charge in [-0.05, 0) is 36.4 Å². The van der Waals surface area contributed by atoms with Crippen molar-refractivity contribution >= 4 is 23.3 Å². The fourth-order valence-electron chi connectivity index (χ4n) is 1.65. The van der Waals surface area contributed by atoms with E-state index in [1.54, 1.807) is 24.3 Å². The van der Waals surface area contributed by atoms with Crippen molar-refractivity contribution in [1.82, 2.24) is 0 Å². The summed E-state index contributed by atoms with van der Waals surface area (Å²) < 4.78 is 13.0. The number of primary amides is 1. The van der Waals surface area contributed by atoms with Crippen LogP contribution in [0, 0.1) is 5.82 Å². The van der Waals surface area contributed by atoms with Gasteiger partial charge in [-0.1, -0.05) is 12.1 Å². The van der Waals surface area contributed by atoms with Crippen LogP contribution in [0.15, 0.2) is 48.5 Å². The number of rotatable bonds is 3. The SMILES string of the molecule is NC(=O)Nc1cccc(NC(=O)c2cccc(F)c2)c1. The molecule has 0 bridgehead atoms. The number of nitrogens with two attached hydrogens (primary N) is 1. The molecule has 0 atom stereocenters. The number of halogens is 1. The minimum absolute atomic E-state index is 0.207. The summed E-state index contributed by atoms with van der Waals surface area (Å²) >= 11 is 0. The Morgan fingerprint density at radius 3 is 2.25 bits per heavy atom. The summed E-state index contributed by atoms with van der Waals surface area (Å²) in [6.07, 6.45) is 0. The molecule has 0 heterocycles. The predicted octanol–water partition coefficient (Wildman–Crippen LogP) is 2.57. The first kappa shape index (κ1) is 13.5. The van der Waals surface area contributed by atoms with E-state index in [0.29, 0.717) is 11.4 Å². The number of anilines is 2. The molecule has 0 spiro atoms. The maximum Gasteiger partial charge on any atom is 0.316 e. The molecule has 0 aliphatic carbocycles. The Morgan fingerprint density at radius 1 is 0.950 bits per heavy atom. The summed E-state index contributed by atoms with van der Waals surface area (Å²) in [4.78, 5) is 22.7. The molecular weight excluding hydrogens is 261 g/mol. The van der Waals surface area contributed by atoms with E-state index in [0.717, 1.165) is 6.07 Å². The van der Waals surface area contributed by atoms with E-state index in [-0.39, 0.29) is 5.56 Å². The summed E-state index contributed by atoms with van der Waals surface area (Å²) in [6.45, 7) is 0. The lowest BCUT2D eigenvalue weighted by Gasteiger charge is -2.07. The molecule has 20 heavy (non-hydrogen) atoms. The molecule has 2 aromatic rings. The van der Waals surface area contributed by atoms with Crippen molar-refractivity contribution in [3.8, 4) is 0 Å². The Bertz CT molecular complexity index is 658. The van der Waals surface area contributed by atoms with E-state index < -0.39 is 17.8 Å². The normalized spacial score (nSPS) is 9.85. The third kappa shape index (κ3) is 3.55. The van der Waals surface area contributed by atoms with Gasteiger partial charge in [-0.15, -0.1) is 0 Å². The lowest BCUT2D eigenvalue weighted by atomic mass is 10.2. The van der Waals surface area contributed by atoms with Crippen LogP contribution in [0.2, 0.25) is 0 Å². The van der Waals surface area contributed by atoms with Gasteiger partial charge in [-0.25, -0.2) is 9.18 Å². The van der Waals surface area contributed by atoms with Crippen molar-refractivity contribution in [3.63, 3.8) is 0 Å². The van der Waals surface area contributed by atoms with Gasteiger partial charge in [-0.3, -0.25) is 4.79 Å². The van der Waals surface area contributed by atoms with Crippen LogP contribution in [0.5, 0.6) is 0 Å². The zero-order valence-electron chi connectivity index (χ0n) is 10.4. The highest BCUT2D eigenvalue weighted by atomic mass is 19.1. The fraction of sp³-hybridized carbons (Fsp3) is 0. The van der Waals surface area contributed by atoms with Crippen molar-refractivity contribution in [1.29, 1.82) is 0 Å². The number of amides is 3. The molecule has 0 aliphatic rings. The van der Waals surface area contributed by atoms with Crippen molar-refractivity contribution in [2.24, 2.45) is 5.73 Å². The molecule has 0 radical (unpaired) electrons. The number of hydrogen-bond acceptors (Lipinski definition) is 2. The Balaban J connectivity index is 2.13. The van der Waals surface area contributed by atoms with E-state index in [2.05, 4.69) is 10.6 Å². The van der Waals surface area contributed by atoms with Gasteiger partial charge in [0.2, 0.25) is 0 Å². The van der Waals surface area contributed by atoms with Crippen LogP contribution in [0.4, 0.5) is 20.6 Å². The van der Waals surface area contributed by atoms with E-state index in [1.165, 1.54) is 18.2 Å². The van der Waals surface area contributed by atoms with E-state index in [1.807, 2.05) is 0 Å². The minimum Gasteiger partial charge on any atom is -0.351 e. The number of hydrogen-bond donors (Lipinski definition) is 3. The van der Waals surface area contributed by atoms with Crippen molar-refractivity contribution in [3.05, 3.63) is 59.9 Å². The summed E-state index contributed by atoms with van der Waals surface area (Å²) in [6, 6.07) is 11.1. The second kappa shape index (κ2) is 5.83. The average molecular weight is 273 g/mol. The molecule has 0 aromatic heterocycles. The maximum atomic E-state index is 13.0. The quantitative estimate of drug-likeness (QED) is 0.803. The Morgan fingerprint density at radius 2 is 1.60 bits per heavy atom. The molecule has 0 fully saturated rings. The van der Waals surface area contributed by atoms with E-state index in [4.69, 9.17) is 5.73 Å². The highest BCUT2D eigenvalue weighted by Crippen LogP contribution is 2.16. The molecule has 0 saturated carbocycles. The molecule has 102 valence electrons. The van der Waals surface area contributed by atoms with Crippen LogP contribution in [0.1, 0.15) is 10.4 Å². The first-order chi connectivity index (χ1) is 9.54. The summed E-state index contributed by atoms with van der Waals surface area (Å²) in [7, 11) is 0. The zero-order chi connectivity index (χ0) is 14.5. The largest absolute Gasteiger partial charge is 0.351 e. The molecule has 0 aliphatic heterocycles. The Labute approximate surface area is 114 Å². The number of urea groups is 1. The number of carbonyl (C=O) groups is 2. The van der Waals surface area contributed by atoms with Crippen LogP contribution in [0.3, 0.4) is 0 Å². The van der Waals surface area contributed by atoms with Crippen molar-refractivity contribution < 1.29 is 14.0 Å². The summed E-state index contributed by atoms with van der Waals surface area (Å²) in [5.74, 6) is -0.928. The van der Waals surface area contributed by atoms with Gasteiger partial charge in [0.05, 0.1) is 0 Å².